The van der Waals surface area contributed by atoms with Crippen molar-refractivity contribution < 1.29 is 4.74 Å². The Bertz CT molecular complexity index is 91.3. The Morgan fingerprint density at radius 1 is 1.50 bits per heavy atom. The van der Waals surface area contributed by atoms with Gasteiger partial charge in [0.1, 0.15) is 0 Å². The molecule has 0 aliphatic carbocycles. The van der Waals surface area contributed by atoms with E-state index < -0.39 is 0 Å². The zero-order valence-corrected chi connectivity index (χ0v) is 9.50. The van der Waals surface area contributed by atoms with Crippen molar-refractivity contribution in [1.82, 2.24) is 0 Å². The first-order valence-corrected chi connectivity index (χ1v) is 5.78. The third-order valence-electron chi connectivity index (χ3n) is 1.23. The second-order valence-electron chi connectivity index (χ2n) is 2.18. The molecule has 0 spiro atoms. The van der Waals surface area contributed by atoms with Gasteiger partial charge in [-0.3, -0.25) is 0 Å². The van der Waals surface area contributed by atoms with Crippen molar-refractivity contribution >= 4 is 22.5 Å². The van der Waals surface area contributed by atoms with Gasteiger partial charge >= 0.3 is 76.8 Å². The van der Waals surface area contributed by atoms with Gasteiger partial charge in [0.25, 0.3) is 0 Å². The Morgan fingerprint density at radius 2 is 2.20 bits per heavy atom. The molecule has 0 rings (SSSR count). The topological polar surface area (TPSA) is 9.23 Å². The van der Waals surface area contributed by atoms with Crippen LogP contribution in [0, 0.1) is 0 Å². The number of allylic oxidation sites excluding steroid dienone is 1. The number of hydrogen-bond donors (Lipinski definition) is 0. The van der Waals surface area contributed by atoms with E-state index >= 15 is 0 Å². The molecule has 0 amide bonds. The molecule has 0 saturated heterocycles. The van der Waals surface area contributed by atoms with Crippen LogP contribution in [0.3, 0.4) is 0 Å². The summed E-state index contributed by atoms with van der Waals surface area (Å²) >= 11 is 1.64. The number of ether oxygens (including phenoxy) is 1. The molecule has 0 aromatic rings. The van der Waals surface area contributed by atoms with Crippen LogP contribution >= 0.6 is 0 Å². The van der Waals surface area contributed by atoms with E-state index in [1.807, 2.05) is 6.92 Å². The van der Waals surface area contributed by atoms with E-state index in [-0.39, 0.29) is 0 Å². The SMILES string of the molecule is C=C(CCC[CH2][Sn])OCC. The van der Waals surface area contributed by atoms with Gasteiger partial charge in [0.15, 0.2) is 0 Å². The summed E-state index contributed by atoms with van der Waals surface area (Å²) in [6.45, 7) is 6.56. The zero-order valence-electron chi connectivity index (χ0n) is 6.65. The number of hydrogen-bond acceptors (Lipinski definition) is 1. The first-order chi connectivity index (χ1) is 4.81. The molecule has 0 bridgehead atoms. The van der Waals surface area contributed by atoms with Crippen LogP contribution in [0.4, 0.5) is 0 Å². The molecule has 0 unspecified atom stereocenters. The van der Waals surface area contributed by atoms with Gasteiger partial charge in [-0.05, 0) is 0 Å². The minimum absolute atomic E-state index is 0.761. The van der Waals surface area contributed by atoms with Crippen LogP contribution in [0.25, 0.3) is 0 Å². The van der Waals surface area contributed by atoms with Crippen LogP contribution in [0.1, 0.15) is 26.2 Å². The van der Waals surface area contributed by atoms with Crippen molar-refractivity contribution in [3.05, 3.63) is 12.3 Å². The van der Waals surface area contributed by atoms with Crippen molar-refractivity contribution in [2.24, 2.45) is 0 Å². The summed E-state index contributed by atoms with van der Waals surface area (Å²) in [5, 5.41) is 0. The molecule has 57 valence electrons. The van der Waals surface area contributed by atoms with Crippen LogP contribution in [0.2, 0.25) is 4.44 Å². The summed E-state index contributed by atoms with van der Waals surface area (Å²) < 4.78 is 6.55. The summed E-state index contributed by atoms with van der Waals surface area (Å²) in [5.74, 6) is 0.951. The van der Waals surface area contributed by atoms with Crippen molar-refractivity contribution in [1.29, 1.82) is 0 Å². The van der Waals surface area contributed by atoms with Crippen molar-refractivity contribution in [3.8, 4) is 0 Å². The van der Waals surface area contributed by atoms with E-state index in [4.69, 9.17) is 4.74 Å². The first kappa shape index (κ1) is 10.3. The summed E-state index contributed by atoms with van der Waals surface area (Å²) in [6.07, 6.45) is 3.61. The van der Waals surface area contributed by atoms with E-state index in [9.17, 15) is 0 Å². The number of unbranched alkanes of at least 4 members (excludes halogenated alkanes) is 1. The molecule has 0 atom stereocenters. The van der Waals surface area contributed by atoms with E-state index in [0.29, 0.717) is 0 Å². The standard InChI is InChI=1S/C8H15O.Sn/c1-4-6-7-8(3)9-5-2;/h1,3-7H2,2H3;. The molecule has 0 fully saturated rings. The normalized spacial score (nSPS) is 9.40. The Morgan fingerprint density at radius 3 is 2.70 bits per heavy atom. The van der Waals surface area contributed by atoms with Crippen LogP contribution in [0.5, 0.6) is 0 Å². The maximum atomic E-state index is 5.20. The monoisotopic (exact) mass is 247 g/mol. The van der Waals surface area contributed by atoms with E-state index in [1.54, 1.807) is 22.5 Å². The quantitative estimate of drug-likeness (QED) is 0.397. The molecule has 3 radical (unpaired) electrons. The van der Waals surface area contributed by atoms with Gasteiger partial charge < -0.3 is 0 Å². The molecule has 0 aromatic carbocycles. The number of rotatable bonds is 6. The summed E-state index contributed by atoms with van der Waals surface area (Å²) in [7, 11) is 0. The molecule has 1 nitrogen and oxygen atoms in total. The molecule has 0 aliphatic rings. The second kappa shape index (κ2) is 7.45. The molecule has 0 saturated carbocycles. The fourth-order valence-corrected chi connectivity index (χ4v) is 1.44. The van der Waals surface area contributed by atoms with Gasteiger partial charge in [-0.15, -0.1) is 0 Å². The van der Waals surface area contributed by atoms with Gasteiger partial charge in [-0.25, -0.2) is 0 Å². The third-order valence-corrected chi connectivity index (χ3v) is 2.24. The van der Waals surface area contributed by atoms with Crippen LogP contribution in [0.15, 0.2) is 12.3 Å². The van der Waals surface area contributed by atoms with Gasteiger partial charge in [0.05, 0.1) is 0 Å². The fourth-order valence-electron chi connectivity index (χ4n) is 0.723. The van der Waals surface area contributed by atoms with Gasteiger partial charge in [-0.1, -0.05) is 0 Å². The fraction of sp³-hybridized carbons (Fsp3) is 0.750. The summed E-state index contributed by atoms with van der Waals surface area (Å²) in [5.41, 5.74) is 0. The molecule has 2 heteroatoms. The van der Waals surface area contributed by atoms with Crippen LogP contribution in [-0.4, -0.2) is 29.1 Å². The maximum absolute atomic E-state index is 5.20. The molecule has 0 heterocycles. The van der Waals surface area contributed by atoms with Crippen molar-refractivity contribution in [2.45, 2.75) is 30.6 Å². The van der Waals surface area contributed by atoms with E-state index in [2.05, 4.69) is 6.58 Å². The van der Waals surface area contributed by atoms with Crippen molar-refractivity contribution in [3.63, 3.8) is 0 Å². The zero-order chi connectivity index (χ0) is 7.82. The molecule has 10 heavy (non-hydrogen) atoms. The minimum atomic E-state index is 0.761. The van der Waals surface area contributed by atoms with Crippen LogP contribution < -0.4 is 0 Å². The molecular formula is C8H15OSn. The van der Waals surface area contributed by atoms with Gasteiger partial charge in [0.2, 0.25) is 0 Å². The predicted molar refractivity (Wildman–Crippen MR) is 45.2 cm³/mol. The average Bonchev–Trinajstić information content (AvgIpc) is 1.89. The Hall–Kier alpha value is 0.339. The summed E-state index contributed by atoms with van der Waals surface area (Å²) in [6, 6.07) is 0. The molecule has 0 aliphatic heterocycles. The van der Waals surface area contributed by atoms with Gasteiger partial charge in [0, 0.05) is 0 Å². The van der Waals surface area contributed by atoms with E-state index in [1.165, 1.54) is 17.3 Å². The second-order valence-corrected chi connectivity index (χ2v) is 3.61. The first-order valence-electron chi connectivity index (χ1n) is 3.76. The average molecular weight is 246 g/mol. The Labute approximate surface area is 76.9 Å². The summed E-state index contributed by atoms with van der Waals surface area (Å²) in [4.78, 5) is 0. The third kappa shape index (κ3) is 6.46. The molecule has 0 aromatic heterocycles. The van der Waals surface area contributed by atoms with Gasteiger partial charge in [-0.2, -0.15) is 0 Å². The predicted octanol–water partition coefficient (Wildman–Crippen LogP) is 2.29. The Balaban J connectivity index is 3.05. The Kier molecular flexibility index (Phi) is 7.70. The molecule has 0 N–H and O–H groups in total. The van der Waals surface area contributed by atoms with Crippen molar-refractivity contribution in [2.75, 3.05) is 6.61 Å². The van der Waals surface area contributed by atoms with E-state index in [0.717, 1.165) is 18.8 Å². The molecular weight excluding hydrogens is 231 g/mol. The van der Waals surface area contributed by atoms with Crippen LogP contribution in [-0.2, 0) is 4.74 Å².